The van der Waals surface area contributed by atoms with E-state index in [2.05, 4.69) is 55.4 Å². The van der Waals surface area contributed by atoms with Gasteiger partial charge in [-0.3, -0.25) is 0 Å². The molecule has 0 aliphatic heterocycles. The summed E-state index contributed by atoms with van der Waals surface area (Å²) in [7, 11) is 0. The average Bonchev–Trinajstić information content (AvgIpc) is 2.89. The molecule has 0 heteroatoms. The van der Waals surface area contributed by atoms with Gasteiger partial charge in [-0.25, -0.2) is 0 Å². The van der Waals surface area contributed by atoms with Gasteiger partial charge < -0.3 is 0 Å². The minimum Gasteiger partial charge on any atom is -0.0654 e. The molecule has 39 heavy (non-hydrogen) atoms. The molecule has 2 aliphatic rings. The van der Waals surface area contributed by atoms with Crippen LogP contribution >= 0.6 is 0 Å². The van der Waals surface area contributed by atoms with Crippen LogP contribution in [-0.2, 0) is 0 Å². The first-order chi connectivity index (χ1) is 18.7. The van der Waals surface area contributed by atoms with E-state index in [-0.39, 0.29) is 0 Å². The smallest absolute Gasteiger partial charge is 0.0386 e. The lowest BCUT2D eigenvalue weighted by Gasteiger charge is -2.34. The molecule has 0 N–H and O–H groups in total. The number of rotatable bonds is 12. The molecule has 10 atom stereocenters. The Bertz CT molecular complexity index is 579. The van der Waals surface area contributed by atoms with Crippen LogP contribution in [0.15, 0.2) is 0 Å². The molecule has 0 nitrogen and oxygen atoms in total. The molecule has 0 amide bonds. The average molecular weight is 545 g/mol. The van der Waals surface area contributed by atoms with Crippen LogP contribution in [0.1, 0.15) is 190 Å². The van der Waals surface area contributed by atoms with Gasteiger partial charge >= 0.3 is 0 Å². The Labute approximate surface area is 249 Å². The highest BCUT2D eigenvalue weighted by molar-refractivity contribution is 4.79. The van der Waals surface area contributed by atoms with E-state index in [0.29, 0.717) is 0 Å². The maximum absolute atomic E-state index is 2.63. The van der Waals surface area contributed by atoms with E-state index in [1.54, 1.807) is 0 Å². The molecule has 10 unspecified atom stereocenters. The molecule has 0 heterocycles. The highest BCUT2D eigenvalue weighted by Crippen LogP contribution is 2.40. The highest BCUT2D eigenvalue weighted by Gasteiger charge is 2.28. The van der Waals surface area contributed by atoms with Crippen LogP contribution in [0.2, 0.25) is 0 Å². The Morgan fingerprint density at radius 1 is 0.538 bits per heavy atom. The van der Waals surface area contributed by atoms with E-state index in [4.69, 9.17) is 0 Å². The topological polar surface area (TPSA) is 0 Å². The monoisotopic (exact) mass is 545 g/mol. The fraction of sp³-hybridized carbons (Fsp3) is 1.00. The first-order valence-electron chi connectivity index (χ1n) is 18.7. The molecule has 0 bridgehead atoms. The van der Waals surface area contributed by atoms with Gasteiger partial charge in [-0.1, -0.05) is 165 Å². The van der Waals surface area contributed by atoms with Crippen molar-refractivity contribution in [3.05, 3.63) is 0 Å². The lowest BCUT2D eigenvalue weighted by atomic mass is 9.72. The van der Waals surface area contributed by atoms with E-state index < -0.39 is 0 Å². The summed E-state index contributed by atoms with van der Waals surface area (Å²) in [6.45, 7) is 20.3. The standard InChI is InChI=1S/C39H76/c1-9-17-31(4)26-32(5)28-39-25-16-24-37(22-14-12-20-34(39)7)36(10-2)27-33(6)29-38-23-13-11-18-30(3)19-15-21-35(38)8/h30-39H,9-29H2,1-8H3. The largest absolute Gasteiger partial charge is 0.0654 e. The third kappa shape index (κ3) is 14.1. The summed E-state index contributed by atoms with van der Waals surface area (Å²) in [6.07, 6.45) is 31.1. The Morgan fingerprint density at radius 2 is 1.03 bits per heavy atom. The lowest BCUT2D eigenvalue weighted by molar-refractivity contribution is 0.172. The van der Waals surface area contributed by atoms with E-state index in [0.717, 1.165) is 59.2 Å². The molecule has 2 rings (SSSR count). The third-order valence-corrected chi connectivity index (χ3v) is 12.0. The predicted molar refractivity (Wildman–Crippen MR) is 177 cm³/mol. The van der Waals surface area contributed by atoms with E-state index in [9.17, 15) is 0 Å². The lowest BCUT2D eigenvalue weighted by Crippen LogP contribution is -2.23. The van der Waals surface area contributed by atoms with Crippen LogP contribution in [0.3, 0.4) is 0 Å². The molecule has 0 saturated heterocycles. The van der Waals surface area contributed by atoms with Crippen LogP contribution < -0.4 is 0 Å². The molecule has 2 aliphatic carbocycles. The Kier molecular flexibility index (Phi) is 18.1. The maximum atomic E-state index is 2.63. The summed E-state index contributed by atoms with van der Waals surface area (Å²) in [5, 5.41) is 0. The fourth-order valence-electron chi connectivity index (χ4n) is 9.44. The molecule has 0 aromatic carbocycles. The first-order valence-corrected chi connectivity index (χ1v) is 18.7. The zero-order chi connectivity index (χ0) is 28.6. The van der Waals surface area contributed by atoms with Crippen molar-refractivity contribution in [3.8, 4) is 0 Å². The summed E-state index contributed by atoms with van der Waals surface area (Å²) in [4.78, 5) is 0. The number of hydrogen-bond donors (Lipinski definition) is 0. The molecule has 0 aromatic rings. The van der Waals surface area contributed by atoms with Gasteiger partial charge in [-0.15, -0.1) is 0 Å². The second kappa shape index (κ2) is 20.0. The van der Waals surface area contributed by atoms with Gasteiger partial charge in [0.15, 0.2) is 0 Å². The van der Waals surface area contributed by atoms with Gasteiger partial charge in [0.2, 0.25) is 0 Å². The second-order valence-corrected chi connectivity index (χ2v) is 16.0. The quantitative estimate of drug-likeness (QED) is 0.229. The van der Waals surface area contributed by atoms with Crippen molar-refractivity contribution in [2.45, 2.75) is 190 Å². The zero-order valence-electron chi connectivity index (χ0n) is 28.6. The van der Waals surface area contributed by atoms with Gasteiger partial charge in [0.25, 0.3) is 0 Å². The van der Waals surface area contributed by atoms with Crippen molar-refractivity contribution in [1.29, 1.82) is 0 Å². The summed E-state index contributed by atoms with van der Waals surface area (Å²) >= 11 is 0. The van der Waals surface area contributed by atoms with Crippen LogP contribution in [-0.4, -0.2) is 0 Å². The molecule has 232 valence electrons. The molecule has 2 fully saturated rings. The minimum absolute atomic E-state index is 0.912. The van der Waals surface area contributed by atoms with Crippen LogP contribution in [0.25, 0.3) is 0 Å². The van der Waals surface area contributed by atoms with Crippen LogP contribution in [0, 0.1) is 59.2 Å². The van der Waals surface area contributed by atoms with Crippen molar-refractivity contribution >= 4 is 0 Å². The molecular formula is C39H76. The van der Waals surface area contributed by atoms with Crippen molar-refractivity contribution in [3.63, 3.8) is 0 Å². The molecule has 2 saturated carbocycles. The highest BCUT2D eigenvalue weighted by atomic mass is 14.3. The molecule has 0 aromatic heterocycles. The predicted octanol–water partition coefficient (Wildman–Crippen LogP) is 13.5. The summed E-state index contributed by atoms with van der Waals surface area (Å²) in [5.74, 6) is 9.52. The SMILES string of the molecule is CCCC(C)CC(C)CC1CCCC(C(CC)CC(C)CC2CCCCC(C)CCCC2C)CCCCC1C. The van der Waals surface area contributed by atoms with Crippen molar-refractivity contribution in [2.75, 3.05) is 0 Å². The van der Waals surface area contributed by atoms with E-state index in [1.165, 1.54) is 135 Å². The van der Waals surface area contributed by atoms with E-state index >= 15 is 0 Å². The second-order valence-electron chi connectivity index (χ2n) is 16.0. The fourth-order valence-corrected chi connectivity index (χ4v) is 9.44. The van der Waals surface area contributed by atoms with Crippen molar-refractivity contribution in [2.24, 2.45) is 59.2 Å². The minimum atomic E-state index is 0.912. The molecule has 0 spiro atoms. The maximum Gasteiger partial charge on any atom is -0.0386 e. The molecular weight excluding hydrogens is 468 g/mol. The van der Waals surface area contributed by atoms with Crippen molar-refractivity contribution in [1.82, 2.24) is 0 Å². The van der Waals surface area contributed by atoms with Gasteiger partial charge in [-0.05, 0) is 84.9 Å². The number of hydrogen-bond acceptors (Lipinski definition) is 0. The Morgan fingerprint density at radius 3 is 1.69 bits per heavy atom. The van der Waals surface area contributed by atoms with Gasteiger partial charge in [0.05, 0.1) is 0 Å². The zero-order valence-corrected chi connectivity index (χ0v) is 28.6. The van der Waals surface area contributed by atoms with Gasteiger partial charge in [-0.2, -0.15) is 0 Å². The summed E-state index contributed by atoms with van der Waals surface area (Å²) < 4.78 is 0. The normalized spacial score (nSPS) is 33.5. The first kappa shape index (κ1) is 35.2. The van der Waals surface area contributed by atoms with E-state index in [1.807, 2.05) is 0 Å². The van der Waals surface area contributed by atoms with Crippen molar-refractivity contribution < 1.29 is 0 Å². The van der Waals surface area contributed by atoms with Crippen LogP contribution in [0.4, 0.5) is 0 Å². The van der Waals surface area contributed by atoms with Gasteiger partial charge in [0.1, 0.15) is 0 Å². The third-order valence-electron chi connectivity index (χ3n) is 12.0. The molecule has 0 radical (unpaired) electrons. The Hall–Kier alpha value is 0. The summed E-state index contributed by atoms with van der Waals surface area (Å²) in [5.41, 5.74) is 0. The van der Waals surface area contributed by atoms with Gasteiger partial charge in [0, 0.05) is 0 Å². The summed E-state index contributed by atoms with van der Waals surface area (Å²) in [6, 6.07) is 0. The van der Waals surface area contributed by atoms with Crippen LogP contribution in [0.5, 0.6) is 0 Å². The Balaban J connectivity index is 1.89.